The highest BCUT2D eigenvalue weighted by atomic mass is 32.2. The second-order valence-corrected chi connectivity index (χ2v) is 3.02. The minimum absolute atomic E-state index is 0.219. The van der Waals surface area contributed by atoms with Crippen LogP contribution in [-0.4, -0.2) is 34.2 Å². The Morgan fingerprint density at radius 3 is 3.25 bits per heavy atom. The van der Waals surface area contributed by atoms with E-state index in [0.717, 1.165) is 5.69 Å². The lowest BCUT2D eigenvalue weighted by atomic mass is 10.6. The summed E-state index contributed by atoms with van der Waals surface area (Å²) in [5.41, 5.74) is 0.837. The van der Waals surface area contributed by atoms with E-state index in [4.69, 9.17) is 0 Å². The van der Waals surface area contributed by atoms with Crippen LogP contribution in [0.1, 0.15) is 5.69 Å². The first-order valence-corrected chi connectivity index (χ1v) is 4.47. The zero-order chi connectivity index (χ0) is 8.81. The van der Waals surface area contributed by atoms with Gasteiger partial charge in [-0.25, -0.2) is 0 Å². The highest BCUT2D eigenvalue weighted by molar-refractivity contribution is 7.99. The van der Waals surface area contributed by atoms with Crippen molar-refractivity contribution in [2.75, 3.05) is 12.9 Å². The van der Waals surface area contributed by atoms with Crippen molar-refractivity contribution >= 4 is 17.7 Å². The third-order valence-corrected chi connectivity index (χ3v) is 2.10. The zero-order valence-electron chi connectivity index (χ0n) is 6.61. The molecule has 0 fully saturated rings. The highest BCUT2D eigenvalue weighted by Crippen LogP contribution is 2.07. The van der Waals surface area contributed by atoms with Gasteiger partial charge in [-0.15, -0.1) is 11.8 Å². The number of H-pyrrole nitrogens is 1. The number of carbonyl (C=O) groups excluding carboxylic acids is 1. The Hall–Kier alpha value is -1.04. The Bertz CT molecular complexity index is 237. The lowest BCUT2D eigenvalue weighted by Gasteiger charge is -1.96. The van der Waals surface area contributed by atoms with Crippen molar-refractivity contribution in [3.8, 4) is 0 Å². The molecular formula is C6H9N3O2S. The van der Waals surface area contributed by atoms with Crippen molar-refractivity contribution in [3.05, 3.63) is 11.9 Å². The van der Waals surface area contributed by atoms with Crippen LogP contribution in [0.2, 0.25) is 0 Å². The predicted molar refractivity (Wildman–Crippen MR) is 44.6 cm³/mol. The number of thioether (sulfide) groups is 1. The molecule has 0 saturated heterocycles. The van der Waals surface area contributed by atoms with E-state index < -0.39 is 0 Å². The van der Waals surface area contributed by atoms with E-state index in [1.165, 1.54) is 18.9 Å². The Balaban J connectivity index is 2.15. The number of nitrogens with zero attached hydrogens (tertiary/aromatic N) is 2. The molecule has 0 aliphatic rings. The molecule has 1 rings (SSSR count). The van der Waals surface area contributed by atoms with Crippen LogP contribution in [0, 0.1) is 0 Å². The topological polar surface area (TPSA) is 67.9 Å². The van der Waals surface area contributed by atoms with Gasteiger partial charge in [0.1, 0.15) is 0 Å². The number of esters is 1. The van der Waals surface area contributed by atoms with Crippen molar-refractivity contribution in [2.24, 2.45) is 0 Å². The smallest absolute Gasteiger partial charge is 0.315 e. The Morgan fingerprint density at radius 2 is 2.67 bits per heavy atom. The first-order chi connectivity index (χ1) is 5.83. The summed E-state index contributed by atoms with van der Waals surface area (Å²) in [6, 6.07) is 0. The van der Waals surface area contributed by atoms with Crippen LogP contribution in [0.25, 0.3) is 0 Å². The summed E-state index contributed by atoms with van der Waals surface area (Å²) in [7, 11) is 1.37. The molecule has 0 aliphatic heterocycles. The van der Waals surface area contributed by atoms with Crippen LogP contribution in [0.15, 0.2) is 6.20 Å². The SMILES string of the molecule is COC(=O)CSCc1cn[nH]n1. The second kappa shape index (κ2) is 4.76. The maximum atomic E-state index is 10.7. The van der Waals surface area contributed by atoms with Gasteiger partial charge < -0.3 is 4.74 Å². The van der Waals surface area contributed by atoms with E-state index in [1.54, 1.807) is 6.20 Å². The number of carbonyl (C=O) groups is 1. The maximum Gasteiger partial charge on any atom is 0.315 e. The summed E-state index contributed by atoms with van der Waals surface area (Å²) in [5, 5.41) is 9.96. The molecule has 0 atom stereocenters. The minimum Gasteiger partial charge on any atom is -0.468 e. The van der Waals surface area contributed by atoms with Crippen LogP contribution < -0.4 is 0 Å². The number of aromatic nitrogens is 3. The maximum absolute atomic E-state index is 10.7. The normalized spacial score (nSPS) is 9.75. The number of aromatic amines is 1. The first kappa shape index (κ1) is 9.05. The van der Waals surface area contributed by atoms with Gasteiger partial charge in [-0.1, -0.05) is 0 Å². The number of hydrogen-bond donors (Lipinski definition) is 1. The van der Waals surface area contributed by atoms with E-state index in [2.05, 4.69) is 20.1 Å². The molecule has 6 heteroatoms. The van der Waals surface area contributed by atoms with Gasteiger partial charge >= 0.3 is 5.97 Å². The van der Waals surface area contributed by atoms with Crippen LogP contribution in [0.5, 0.6) is 0 Å². The van der Waals surface area contributed by atoms with Gasteiger partial charge in [-0.3, -0.25) is 4.79 Å². The lowest BCUT2D eigenvalue weighted by molar-refractivity contribution is -0.137. The second-order valence-electron chi connectivity index (χ2n) is 2.03. The van der Waals surface area contributed by atoms with Gasteiger partial charge in [0.15, 0.2) is 0 Å². The Kier molecular flexibility index (Phi) is 3.59. The summed E-state index contributed by atoms with van der Waals surface area (Å²) in [6.07, 6.45) is 1.63. The van der Waals surface area contributed by atoms with Gasteiger partial charge in [0, 0.05) is 5.75 Å². The van der Waals surface area contributed by atoms with Crippen molar-refractivity contribution < 1.29 is 9.53 Å². The number of nitrogens with one attached hydrogen (secondary N) is 1. The highest BCUT2D eigenvalue weighted by Gasteiger charge is 2.01. The minimum atomic E-state index is -0.219. The van der Waals surface area contributed by atoms with E-state index in [0.29, 0.717) is 11.5 Å². The molecule has 0 aromatic carbocycles. The fourth-order valence-corrected chi connectivity index (χ4v) is 1.33. The summed E-state index contributed by atoms with van der Waals surface area (Å²) < 4.78 is 4.47. The lowest BCUT2D eigenvalue weighted by Crippen LogP contribution is -2.03. The molecule has 0 saturated carbocycles. The van der Waals surface area contributed by atoms with Crippen LogP contribution in [0.3, 0.4) is 0 Å². The molecule has 1 aromatic rings. The third kappa shape index (κ3) is 2.91. The summed E-state index contributed by atoms with van der Waals surface area (Å²) in [4.78, 5) is 10.7. The molecule has 0 unspecified atom stereocenters. The molecule has 1 heterocycles. The molecule has 0 aliphatic carbocycles. The van der Waals surface area contributed by atoms with Gasteiger partial charge in [0.25, 0.3) is 0 Å². The molecular weight excluding hydrogens is 178 g/mol. The van der Waals surface area contributed by atoms with Gasteiger partial charge in [0.05, 0.1) is 24.8 Å². The largest absolute Gasteiger partial charge is 0.468 e. The zero-order valence-corrected chi connectivity index (χ0v) is 7.43. The van der Waals surface area contributed by atoms with Gasteiger partial charge in [0.2, 0.25) is 0 Å². The Labute approximate surface area is 73.9 Å². The third-order valence-electron chi connectivity index (χ3n) is 1.16. The average Bonchev–Trinajstić information content (AvgIpc) is 2.57. The first-order valence-electron chi connectivity index (χ1n) is 3.32. The van der Waals surface area contributed by atoms with Crippen molar-refractivity contribution in [3.63, 3.8) is 0 Å². The monoisotopic (exact) mass is 187 g/mol. The van der Waals surface area contributed by atoms with Gasteiger partial charge in [-0.2, -0.15) is 15.4 Å². The van der Waals surface area contributed by atoms with Crippen LogP contribution in [0.4, 0.5) is 0 Å². The predicted octanol–water partition coefficient (Wildman–Crippen LogP) is 0.211. The van der Waals surface area contributed by atoms with Crippen LogP contribution >= 0.6 is 11.8 Å². The molecule has 66 valence electrons. The summed E-state index contributed by atoms with van der Waals surface area (Å²) >= 11 is 1.45. The number of methoxy groups -OCH3 is 1. The van der Waals surface area contributed by atoms with Crippen molar-refractivity contribution in [1.29, 1.82) is 0 Å². The molecule has 0 bridgehead atoms. The fourth-order valence-electron chi connectivity index (χ4n) is 0.593. The quantitative estimate of drug-likeness (QED) is 0.682. The summed E-state index contributed by atoms with van der Waals surface area (Å²) in [5.74, 6) is 0.804. The molecule has 12 heavy (non-hydrogen) atoms. The number of rotatable bonds is 4. The van der Waals surface area contributed by atoms with E-state index in [9.17, 15) is 4.79 Å². The van der Waals surface area contributed by atoms with E-state index in [1.807, 2.05) is 0 Å². The van der Waals surface area contributed by atoms with Crippen molar-refractivity contribution in [1.82, 2.24) is 15.4 Å². The fraction of sp³-hybridized carbons (Fsp3) is 0.500. The van der Waals surface area contributed by atoms with E-state index >= 15 is 0 Å². The standard InChI is InChI=1S/C6H9N3O2S/c1-11-6(10)4-12-3-5-2-7-9-8-5/h2H,3-4H2,1H3,(H,7,8,9). The Morgan fingerprint density at radius 1 is 1.83 bits per heavy atom. The van der Waals surface area contributed by atoms with Gasteiger partial charge in [-0.05, 0) is 0 Å². The number of ether oxygens (including phenoxy) is 1. The van der Waals surface area contributed by atoms with Crippen LogP contribution in [-0.2, 0) is 15.3 Å². The molecule has 0 radical (unpaired) electrons. The molecule has 1 N–H and O–H groups in total. The van der Waals surface area contributed by atoms with E-state index in [-0.39, 0.29) is 5.97 Å². The molecule has 0 amide bonds. The molecule has 1 aromatic heterocycles. The average molecular weight is 187 g/mol. The molecule has 5 nitrogen and oxygen atoms in total. The summed E-state index contributed by atoms with van der Waals surface area (Å²) in [6.45, 7) is 0. The van der Waals surface area contributed by atoms with Crippen molar-refractivity contribution in [2.45, 2.75) is 5.75 Å². The number of hydrogen-bond acceptors (Lipinski definition) is 5. The molecule has 0 spiro atoms.